The molecule has 2 aromatic carbocycles. The molecule has 0 fully saturated rings. The highest BCUT2D eigenvalue weighted by Crippen LogP contribution is 2.31. The van der Waals surface area contributed by atoms with Crippen LogP contribution in [0.25, 0.3) is 10.2 Å². The second kappa shape index (κ2) is 5.67. The Morgan fingerprint density at radius 3 is 2.71 bits per heavy atom. The molecule has 4 nitrogen and oxygen atoms in total. The van der Waals surface area contributed by atoms with E-state index in [2.05, 4.69) is 15.6 Å². The third kappa shape index (κ3) is 2.96. The van der Waals surface area contributed by atoms with Crippen LogP contribution in [0.2, 0.25) is 5.02 Å². The monoisotopic (exact) mass is 321 g/mol. The van der Waals surface area contributed by atoms with E-state index >= 15 is 0 Å². The molecule has 0 saturated carbocycles. The number of hydrogen-bond acceptors (Lipinski definition) is 3. The van der Waals surface area contributed by atoms with Crippen LogP contribution < -0.4 is 10.6 Å². The molecule has 0 aliphatic heterocycles. The van der Waals surface area contributed by atoms with Crippen molar-refractivity contribution in [2.75, 3.05) is 10.6 Å². The molecule has 0 aliphatic carbocycles. The number of halogens is 2. The molecule has 0 spiro atoms. The third-order valence-electron chi connectivity index (χ3n) is 2.71. The number of carbonyl (C=O) groups is 1. The Labute approximate surface area is 128 Å². The first-order valence-electron chi connectivity index (χ1n) is 6.01. The zero-order valence-electron chi connectivity index (χ0n) is 10.6. The lowest BCUT2D eigenvalue weighted by atomic mass is 10.3. The minimum Gasteiger partial charge on any atom is -0.305 e. The van der Waals surface area contributed by atoms with Gasteiger partial charge < -0.3 is 5.32 Å². The van der Waals surface area contributed by atoms with Gasteiger partial charge in [-0.05, 0) is 24.3 Å². The van der Waals surface area contributed by atoms with Gasteiger partial charge >= 0.3 is 6.03 Å². The van der Waals surface area contributed by atoms with Crippen LogP contribution in [0.1, 0.15) is 0 Å². The Bertz CT molecular complexity index is 821. The number of carbonyl (C=O) groups excluding carboxylic acids is 1. The van der Waals surface area contributed by atoms with Crippen LogP contribution in [0.4, 0.5) is 20.0 Å². The third-order valence-corrected chi connectivity index (χ3v) is 4.16. The largest absolute Gasteiger partial charge is 0.325 e. The van der Waals surface area contributed by atoms with Crippen LogP contribution >= 0.6 is 22.9 Å². The van der Waals surface area contributed by atoms with E-state index in [9.17, 15) is 9.18 Å². The summed E-state index contributed by atoms with van der Waals surface area (Å²) in [5, 5.41) is 5.96. The number of nitrogens with zero attached hydrogens (tertiary/aromatic N) is 1. The summed E-state index contributed by atoms with van der Waals surface area (Å²) in [7, 11) is 0. The van der Waals surface area contributed by atoms with Gasteiger partial charge in [0.2, 0.25) is 0 Å². The van der Waals surface area contributed by atoms with Crippen LogP contribution in [-0.2, 0) is 0 Å². The van der Waals surface area contributed by atoms with Gasteiger partial charge in [0.25, 0.3) is 0 Å². The maximum absolute atomic E-state index is 13.4. The van der Waals surface area contributed by atoms with Crippen LogP contribution in [0.15, 0.2) is 42.5 Å². The average molecular weight is 322 g/mol. The molecule has 21 heavy (non-hydrogen) atoms. The van der Waals surface area contributed by atoms with Crippen molar-refractivity contribution >= 4 is 50.0 Å². The number of nitrogens with one attached hydrogen (secondary N) is 2. The lowest BCUT2D eigenvalue weighted by molar-refractivity contribution is 0.262. The first-order chi connectivity index (χ1) is 10.1. The highest BCUT2D eigenvalue weighted by Gasteiger charge is 2.11. The van der Waals surface area contributed by atoms with E-state index in [1.165, 1.54) is 23.5 Å². The van der Waals surface area contributed by atoms with Crippen molar-refractivity contribution in [1.82, 2.24) is 4.98 Å². The van der Waals surface area contributed by atoms with E-state index < -0.39 is 11.8 Å². The minimum atomic E-state index is -0.560. The molecule has 0 aliphatic rings. The fourth-order valence-corrected chi connectivity index (χ4v) is 2.93. The van der Waals surface area contributed by atoms with Gasteiger partial charge in [-0.1, -0.05) is 41.1 Å². The predicted octanol–water partition coefficient (Wildman–Crippen LogP) is 4.73. The number of benzene rings is 2. The van der Waals surface area contributed by atoms with Gasteiger partial charge in [-0.25, -0.2) is 14.2 Å². The maximum Gasteiger partial charge on any atom is 0.325 e. The molecule has 1 aromatic heterocycles. The zero-order valence-corrected chi connectivity index (χ0v) is 12.1. The summed E-state index contributed by atoms with van der Waals surface area (Å²) < 4.78 is 14.2. The van der Waals surface area contributed by atoms with E-state index in [1.807, 2.05) is 0 Å². The molecular formula is C14H9ClFN3OS. The van der Waals surface area contributed by atoms with Crippen LogP contribution in [0.3, 0.4) is 0 Å². The van der Waals surface area contributed by atoms with Gasteiger partial charge in [0.1, 0.15) is 5.82 Å². The van der Waals surface area contributed by atoms with Crippen molar-refractivity contribution in [1.29, 1.82) is 0 Å². The number of amides is 2. The molecule has 0 bridgehead atoms. The molecule has 1 heterocycles. The summed E-state index contributed by atoms with van der Waals surface area (Å²) in [6.07, 6.45) is 0. The molecule has 106 valence electrons. The second-order valence-corrected chi connectivity index (χ2v) is 5.57. The van der Waals surface area contributed by atoms with Gasteiger partial charge in [-0.15, -0.1) is 0 Å². The Morgan fingerprint density at radius 2 is 1.95 bits per heavy atom. The normalized spacial score (nSPS) is 10.6. The van der Waals surface area contributed by atoms with Crippen molar-refractivity contribution in [3.05, 3.63) is 53.3 Å². The van der Waals surface area contributed by atoms with Crippen LogP contribution in [0.5, 0.6) is 0 Å². The molecule has 3 aromatic rings. The zero-order chi connectivity index (χ0) is 14.8. The van der Waals surface area contributed by atoms with E-state index in [-0.39, 0.29) is 5.69 Å². The van der Waals surface area contributed by atoms with E-state index in [0.29, 0.717) is 15.7 Å². The van der Waals surface area contributed by atoms with Crippen molar-refractivity contribution in [3.8, 4) is 0 Å². The average Bonchev–Trinajstić information content (AvgIpc) is 2.85. The molecule has 0 atom stereocenters. The van der Waals surface area contributed by atoms with E-state index in [0.717, 1.165) is 4.70 Å². The Hall–Kier alpha value is -2.18. The highest BCUT2D eigenvalue weighted by molar-refractivity contribution is 7.23. The van der Waals surface area contributed by atoms with Crippen molar-refractivity contribution in [3.63, 3.8) is 0 Å². The molecule has 2 amide bonds. The summed E-state index contributed by atoms with van der Waals surface area (Å²) in [5.74, 6) is -0.500. The van der Waals surface area contributed by atoms with Crippen molar-refractivity contribution < 1.29 is 9.18 Å². The number of fused-ring (bicyclic) bond motifs is 1. The predicted molar refractivity (Wildman–Crippen MR) is 83.7 cm³/mol. The van der Waals surface area contributed by atoms with Crippen molar-refractivity contribution in [2.45, 2.75) is 0 Å². The number of anilines is 2. The number of aromatic nitrogens is 1. The van der Waals surface area contributed by atoms with Crippen LogP contribution in [-0.4, -0.2) is 11.0 Å². The first-order valence-corrected chi connectivity index (χ1v) is 7.20. The quantitative estimate of drug-likeness (QED) is 0.716. The Morgan fingerprint density at radius 1 is 1.14 bits per heavy atom. The second-order valence-electron chi connectivity index (χ2n) is 4.17. The molecule has 0 unspecified atom stereocenters. The van der Waals surface area contributed by atoms with E-state index in [1.54, 1.807) is 30.3 Å². The van der Waals surface area contributed by atoms with Gasteiger partial charge in [0.05, 0.1) is 20.9 Å². The molecule has 7 heteroatoms. The number of hydrogen-bond donors (Lipinski definition) is 2. The van der Waals surface area contributed by atoms with Gasteiger partial charge in [-0.3, -0.25) is 5.32 Å². The Balaban J connectivity index is 1.77. The summed E-state index contributed by atoms with van der Waals surface area (Å²) in [4.78, 5) is 16.1. The van der Waals surface area contributed by atoms with Crippen molar-refractivity contribution in [2.24, 2.45) is 0 Å². The molecule has 3 rings (SSSR count). The number of rotatable bonds is 2. The summed E-state index contributed by atoms with van der Waals surface area (Å²) in [6, 6.07) is 10.7. The summed E-state index contributed by atoms with van der Waals surface area (Å²) in [5.41, 5.74) is 0.808. The SMILES string of the molecule is O=C(Nc1nc2cccc(Cl)c2s1)Nc1ccccc1F. The lowest BCUT2D eigenvalue weighted by Gasteiger charge is -2.05. The smallest absolute Gasteiger partial charge is 0.305 e. The highest BCUT2D eigenvalue weighted by atomic mass is 35.5. The number of urea groups is 1. The van der Waals surface area contributed by atoms with E-state index in [4.69, 9.17) is 11.6 Å². The Kier molecular flexibility index (Phi) is 3.72. The van der Waals surface area contributed by atoms with Gasteiger partial charge in [0.15, 0.2) is 5.13 Å². The topological polar surface area (TPSA) is 54.0 Å². The standard InChI is InChI=1S/C14H9ClFN3OS/c15-8-4-3-7-11-12(8)21-14(18-11)19-13(20)17-10-6-2-1-5-9(10)16/h1-7H,(H2,17,18,19,20). The fraction of sp³-hybridized carbons (Fsp3) is 0. The minimum absolute atomic E-state index is 0.106. The lowest BCUT2D eigenvalue weighted by Crippen LogP contribution is -2.19. The van der Waals surface area contributed by atoms with Gasteiger partial charge in [0, 0.05) is 0 Å². The van der Waals surface area contributed by atoms with Gasteiger partial charge in [-0.2, -0.15) is 0 Å². The molecular weight excluding hydrogens is 313 g/mol. The number of thiazole rings is 1. The fourth-order valence-electron chi connectivity index (χ4n) is 1.78. The maximum atomic E-state index is 13.4. The summed E-state index contributed by atoms with van der Waals surface area (Å²) >= 11 is 7.31. The van der Waals surface area contributed by atoms with Crippen LogP contribution in [0, 0.1) is 5.82 Å². The first kappa shape index (κ1) is 13.8. The number of para-hydroxylation sites is 1. The molecule has 2 N–H and O–H groups in total. The summed E-state index contributed by atoms with van der Waals surface area (Å²) in [6.45, 7) is 0. The molecule has 0 saturated heterocycles. The molecule has 0 radical (unpaired) electrons.